The first-order valence-corrected chi connectivity index (χ1v) is 6.63. The quantitative estimate of drug-likeness (QED) is 0.751. The van der Waals surface area contributed by atoms with E-state index in [-0.39, 0.29) is 18.2 Å². The van der Waals surface area contributed by atoms with Crippen molar-refractivity contribution in [3.8, 4) is 0 Å². The summed E-state index contributed by atoms with van der Waals surface area (Å²) in [6, 6.07) is 0. The maximum absolute atomic E-state index is 12.5. The fourth-order valence-corrected chi connectivity index (χ4v) is 3.71. The van der Waals surface area contributed by atoms with Gasteiger partial charge in [-0.3, -0.25) is 14.5 Å². The van der Waals surface area contributed by atoms with E-state index in [4.69, 9.17) is 0 Å². The van der Waals surface area contributed by atoms with E-state index in [0.29, 0.717) is 12.8 Å². The summed E-state index contributed by atoms with van der Waals surface area (Å²) in [5.74, 6) is -1.51. The third-order valence-electron chi connectivity index (χ3n) is 4.96. The molecule has 1 saturated heterocycles. The van der Waals surface area contributed by atoms with Crippen LogP contribution in [0.2, 0.25) is 0 Å². The molecule has 3 rings (SSSR count). The van der Waals surface area contributed by atoms with E-state index in [0.717, 1.165) is 37.0 Å². The summed E-state index contributed by atoms with van der Waals surface area (Å²) in [4.78, 5) is 37.2. The second-order valence-electron chi connectivity index (χ2n) is 5.89. The lowest BCUT2D eigenvalue weighted by Gasteiger charge is -2.44. The molecule has 0 aromatic rings. The molecule has 0 aromatic heterocycles. The molecule has 0 atom stereocenters. The highest BCUT2D eigenvalue weighted by Gasteiger charge is 2.62. The Morgan fingerprint density at radius 3 is 2.11 bits per heavy atom. The lowest BCUT2D eigenvalue weighted by molar-refractivity contribution is -0.170. The molecule has 1 N–H and O–H groups in total. The lowest BCUT2D eigenvalue weighted by atomic mass is 9.75. The molecule has 2 aliphatic carbocycles. The molecule has 2 amide bonds. The van der Waals surface area contributed by atoms with Crippen molar-refractivity contribution in [3.05, 3.63) is 0 Å². The number of likely N-dealkylation sites (tertiary alicyclic amines) is 1. The number of hydrogen-bond donors (Lipinski definition) is 1. The Morgan fingerprint density at radius 2 is 1.67 bits per heavy atom. The highest BCUT2D eigenvalue weighted by atomic mass is 16.4. The Balaban J connectivity index is 1.96. The van der Waals surface area contributed by atoms with Gasteiger partial charge in [-0.1, -0.05) is 12.8 Å². The summed E-state index contributed by atoms with van der Waals surface area (Å²) in [5.41, 5.74) is -1.78. The summed E-state index contributed by atoms with van der Waals surface area (Å²) in [6.07, 6.45) is 5.23. The Morgan fingerprint density at radius 1 is 1.06 bits per heavy atom. The average Bonchev–Trinajstić information content (AvgIpc) is 2.78. The number of nitrogens with zero attached hydrogens (tertiary/aromatic N) is 1. The zero-order chi connectivity index (χ0) is 13.0. The fraction of sp³-hybridized carbons (Fsp3) is 0.769. The monoisotopic (exact) mass is 251 g/mol. The van der Waals surface area contributed by atoms with Crippen LogP contribution in [0.3, 0.4) is 0 Å². The van der Waals surface area contributed by atoms with Gasteiger partial charge in [0.05, 0.1) is 5.41 Å². The Hall–Kier alpha value is -1.39. The van der Waals surface area contributed by atoms with Crippen molar-refractivity contribution >= 4 is 17.8 Å². The van der Waals surface area contributed by atoms with Crippen LogP contribution in [0.1, 0.15) is 51.4 Å². The van der Waals surface area contributed by atoms with Gasteiger partial charge < -0.3 is 5.11 Å². The fourth-order valence-electron chi connectivity index (χ4n) is 3.71. The predicted molar refractivity (Wildman–Crippen MR) is 61.6 cm³/mol. The molecular weight excluding hydrogens is 234 g/mol. The molecule has 1 aliphatic heterocycles. The lowest BCUT2D eigenvalue weighted by Crippen LogP contribution is -2.61. The van der Waals surface area contributed by atoms with E-state index in [1.807, 2.05) is 0 Å². The zero-order valence-electron chi connectivity index (χ0n) is 10.3. The summed E-state index contributed by atoms with van der Waals surface area (Å²) in [5, 5.41) is 9.36. The van der Waals surface area contributed by atoms with Gasteiger partial charge in [0.1, 0.15) is 5.54 Å². The number of carboxylic acids is 1. The van der Waals surface area contributed by atoms with E-state index in [9.17, 15) is 19.5 Å². The molecule has 3 aliphatic rings. The predicted octanol–water partition coefficient (Wildman–Crippen LogP) is 1.31. The minimum absolute atomic E-state index is 0.216. The molecule has 0 unspecified atom stereocenters. The number of carboxylic acid groups (broad SMARTS) is 1. The van der Waals surface area contributed by atoms with Crippen LogP contribution in [0.5, 0.6) is 0 Å². The van der Waals surface area contributed by atoms with Gasteiger partial charge in [0.2, 0.25) is 11.8 Å². The van der Waals surface area contributed by atoms with E-state index >= 15 is 0 Å². The third kappa shape index (κ3) is 1.25. The van der Waals surface area contributed by atoms with Crippen LogP contribution in [0.4, 0.5) is 0 Å². The van der Waals surface area contributed by atoms with Gasteiger partial charge in [0.25, 0.3) is 0 Å². The van der Waals surface area contributed by atoms with E-state index in [2.05, 4.69) is 0 Å². The zero-order valence-corrected chi connectivity index (χ0v) is 10.3. The summed E-state index contributed by atoms with van der Waals surface area (Å²) in [6.45, 7) is 0. The molecular formula is C13H17NO4. The average molecular weight is 251 g/mol. The number of imide groups is 1. The van der Waals surface area contributed by atoms with Gasteiger partial charge in [0, 0.05) is 6.42 Å². The van der Waals surface area contributed by atoms with Crippen LogP contribution in [-0.4, -0.2) is 33.3 Å². The van der Waals surface area contributed by atoms with Crippen LogP contribution < -0.4 is 0 Å². The van der Waals surface area contributed by atoms with Crippen molar-refractivity contribution in [2.24, 2.45) is 5.41 Å². The van der Waals surface area contributed by atoms with E-state index in [1.54, 1.807) is 0 Å². The molecule has 18 heavy (non-hydrogen) atoms. The number of hydrogen-bond acceptors (Lipinski definition) is 3. The van der Waals surface area contributed by atoms with Crippen LogP contribution in [-0.2, 0) is 14.4 Å². The van der Waals surface area contributed by atoms with Crippen LogP contribution >= 0.6 is 0 Å². The number of rotatable bonds is 2. The first kappa shape index (κ1) is 11.7. The maximum Gasteiger partial charge on any atom is 0.330 e. The summed E-state index contributed by atoms with van der Waals surface area (Å²) in [7, 11) is 0. The van der Waals surface area contributed by atoms with E-state index < -0.39 is 16.9 Å². The highest BCUT2D eigenvalue weighted by molar-refractivity contribution is 6.09. The largest absolute Gasteiger partial charge is 0.479 e. The van der Waals surface area contributed by atoms with Gasteiger partial charge in [-0.2, -0.15) is 0 Å². The molecule has 2 saturated carbocycles. The molecule has 1 spiro atoms. The van der Waals surface area contributed by atoms with Gasteiger partial charge in [-0.05, 0) is 32.1 Å². The van der Waals surface area contributed by atoms with Crippen molar-refractivity contribution in [2.75, 3.05) is 0 Å². The number of aliphatic carboxylic acids is 1. The van der Waals surface area contributed by atoms with Crippen molar-refractivity contribution in [2.45, 2.75) is 56.9 Å². The number of amides is 2. The van der Waals surface area contributed by atoms with Gasteiger partial charge in [0.15, 0.2) is 0 Å². The van der Waals surface area contributed by atoms with Crippen LogP contribution in [0.15, 0.2) is 0 Å². The standard InChI is InChI=1S/C13H17NO4/c15-9-8-12(4-1-2-5-12)10(16)14(9)13(11(17)18)6-3-7-13/h1-8H2,(H,17,18). The van der Waals surface area contributed by atoms with Crippen molar-refractivity contribution in [1.29, 1.82) is 0 Å². The highest BCUT2D eigenvalue weighted by Crippen LogP contribution is 2.51. The van der Waals surface area contributed by atoms with Crippen LogP contribution in [0.25, 0.3) is 0 Å². The Bertz CT molecular complexity index is 432. The molecule has 5 nitrogen and oxygen atoms in total. The Kier molecular flexibility index (Phi) is 2.31. The van der Waals surface area contributed by atoms with Gasteiger partial charge in [-0.25, -0.2) is 4.79 Å². The minimum Gasteiger partial charge on any atom is -0.479 e. The van der Waals surface area contributed by atoms with Crippen molar-refractivity contribution in [3.63, 3.8) is 0 Å². The first-order chi connectivity index (χ1) is 8.52. The minimum atomic E-state index is -1.22. The molecule has 1 heterocycles. The van der Waals surface area contributed by atoms with E-state index in [1.165, 1.54) is 0 Å². The van der Waals surface area contributed by atoms with Crippen molar-refractivity contribution < 1.29 is 19.5 Å². The second-order valence-corrected chi connectivity index (χ2v) is 5.89. The normalized spacial score (nSPS) is 28.8. The van der Waals surface area contributed by atoms with Gasteiger partial charge in [-0.15, -0.1) is 0 Å². The molecule has 0 radical (unpaired) electrons. The molecule has 98 valence electrons. The van der Waals surface area contributed by atoms with Gasteiger partial charge >= 0.3 is 5.97 Å². The first-order valence-electron chi connectivity index (χ1n) is 6.63. The summed E-state index contributed by atoms with van der Waals surface area (Å²) >= 11 is 0. The second kappa shape index (κ2) is 3.56. The summed E-state index contributed by atoms with van der Waals surface area (Å²) < 4.78 is 0. The number of carbonyl (C=O) groups excluding carboxylic acids is 2. The van der Waals surface area contributed by atoms with Crippen molar-refractivity contribution in [1.82, 2.24) is 4.90 Å². The Labute approximate surface area is 105 Å². The molecule has 0 bridgehead atoms. The smallest absolute Gasteiger partial charge is 0.330 e. The topological polar surface area (TPSA) is 74.7 Å². The molecule has 5 heteroatoms. The SMILES string of the molecule is O=C1CC2(CCCC2)C(=O)N1C1(C(=O)O)CCC1. The number of carbonyl (C=O) groups is 3. The van der Waals surface area contributed by atoms with Crippen LogP contribution in [0, 0.1) is 5.41 Å². The maximum atomic E-state index is 12.5. The third-order valence-corrected chi connectivity index (χ3v) is 4.96. The molecule has 3 fully saturated rings. The molecule has 0 aromatic carbocycles.